The molecule has 6 nitrogen and oxygen atoms in total. The number of hydrogen-bond donors (Lipinski definition) is 1. The Bertz CT molecular complexity index is 3690. The van der Waals surface area contributed by atoms with Crippen molar-refractivity contribution >= 4 is 59.2 Å². The SMILES string of the molecule is Bc1c(B)c(-c2cc(-n3c4c(c5ccccc53)CCc3c-4n(-c4nc(-c5ccccc5)nc(-c5cccc6ccccc56)n4)c4ccccc34)ccc2-c2ccccc2)c(O)c(C)c1C. The molecule has 0 amide bonds. The predicted molar refractivity (Wildman–Crippen MR) is 273 cm³/mol. The van der Waals surface area contributed by atoms with Crippen molar-refractivity contribution < 1.29 is 5.11 Å². The molecule has 8 heteroatoms. The largest absolute Gasteiger partial charge is 0.507 e. The van der Waals surface area contributed by atoms with Gasteiger partial charge in [-0.15, -0.1) is 0 Å². The second-order valence-electron chi connectivity index (χ2n) is 17.4. The maximum absolute atomic E-state index is 12.1. The second-order valence-corrected chi connectivity index (χ2v) is 17.4. The Morgan fingerprint density at radius 1 is 0.477 bits per heavy atom. The summed E-state index contributed by atoms with van der Waals surface area (Å²) in [5, 5.41) is 16.7. The van der Waals surface area contributed by atoms with Crippen molar-refractivity contribution in [1.82, 2.24) is 24.1 Å². The van der Waals surface area contributed by atoms with Crippen molar-refractivity contribution in [2.75, 3.05) is 0 Å². The number of aromatic hydroxyl groups is 1. The molecule has 308 valence electrons. The van der Waals surface area contributed by atoms with Crippen LogP contribution in [0.25, 0.3) is 101 Å². The number of aryl methyl sites for hydroxylation is 2. The number of phenolic OH excluding ortho intramolecular Hbond substituents is 1. The summed E-state index contributed by atoms with van der Waals surface area (Å²) in [5.74, 6) is 2.12. The van der Waals surface area contributed by atoms with Crippen LogP contribution in [-0.2, 0) is 12.8 Å². The fourth-order valence-corrected chi connectivity index (χ4v) is 10.4. The number of hydrogen-bond acceptors (Lipinski definition) is 4. The average molecular weight is 836 g/mol. The van der Waals surface area contributed by atoms with E-state index in [1.807, 2.05) is 25.1 Å². The quantitative estimate of drug-likeness (QED) is 0.170. The van der Waals surface area contributed by atoms with E-state index in [1.54, 1.807) is 0 Å². The van der Waals surface area contributed by atoms with Crippen molar-refractivity contribution in [2.24, 2.45) is 0 Å². The Labute approximate surface area is 379 Å². The monoisotopic (exact) mass is 835 g/mol. The molecule has 8 aromatic carbocycles. The Balaban J connectivity index is 1.18. The Morgan fingerprint density at radius 3 is 1.75 bits per heavy atom. The summed E-state index contributed by atoms with van der Waals surface area (Å²) in [6.45, 7) is 4.13. The molecule has 1 aliphatic rings. The number of rotatable bonds is 6. The smallest absolute Gasteiger partial charge is 0.238 e. The van der Waals surface area contributed by atoms with Gasteiger partial charge in [0.15, 0.2) is 11.6 Å². The lowest BCUT2D eigenvalue weighted by atomic mass is 9.71. The third kappa shape index (κ3) is 6.01. The minimum absolute atomic E-state index is 0.327. The number of para-hydroxylation sites is 2. The fraction of sp³-hybridized carbons (Fsp3) is 0.0702. The standard InChI is InChI=1S/C57H43B2N5O/c1-33-34(2)54(65)49(51(59)50(33)58)46-32-38(28-29-40(46)35-16-5-3-6-17-35)63-47-26-13-11-23-41(47)43-30-31-44-42-24-12-14-27-48(42)64(53(44)52(43)63)57-61-55(37-19-7-4-8-20-37)60-56(62-57)45-25-15-21-36-18-9-10-22-39(36)45/h3-29,32,65H,30-31,58-59H2,1-2H3. The Morgan fingerprint density at radius 2 is 1.05 bits per heavy atom. The maximum atomic E-state index is 12.1. The molecule has 0 atom stereocenters. The van der Waals surface area contributed by atoms with Crippen molar-refractivity contribution in [1.29, 1.82) is 0 Å². The number of phenols is 1. The highest BCUT2D eigenvalue weighted by atomic mass is 16.3. The lowest BCUT2D eigenvalue weighted by molar-refractivity contribution is 0.473. The molecule has 12 rings (SSSR count). The van der Waals surface area contributed by atoms with Crippen LogP contribution < -0.4 is 10.9 Å². The van der Waals surface area contributed by atoms with Crippen LogP contribution in [-0.4, -0.2) is 44.9 Å². The van der Waals surface area contributed by atoms with Gasteiger partial charge in [0.2, 0.25) is 5.95 Å². The van der Waals surface area contributed by atoms with Gasteiger partial charge in [0.05, 0.1) is 22.4 Å². The third-order valence-corrected chi connectivity index (χ3v) is 14.0. The van der Waals surface area contributed by atoms with Crippen LogP contribution >= 0.6 is 0 Å². The molecule has 3 heterocycles. The lowest BCUT2D eigenvalue weighted by Crippen LogP contribution is -2.31. The highest BCUT2D eigenvalue weighted by molar-refractivity contribution is 6.52. The average Bonchev–Trinajstić information content (AvgIpc) is 3.89. The van der Waals surface area contributed by atoms with E-state index in [4.69, 9.17) is 15.0 Å². The molecule has 3 aromatic heterocycles. The minimum atomic E-state index is 0.327. The van der Waals surface area contributed by atoms with Crippen LogP contribution in [0.5, 0.6) is 5.75 Å². The Kier molecular flexibility index (Phi) is 8.99. The molecular formula is C57H43B2N5O. The van der Waals surface area contributed by atoms with Crippen LogP contribution in [0, 0.1) is 13.8 Å². The molecular weight excluding hydrogens is 792 g/mol. The van der Waals surface area contributed by atoms with Crippen LogP contribution in [0.1, 0.15) is 22.3 Å². The van der Waals surface area contributed by atoms with E-state index in [0.29, 0.717) is 23.3 Å². The number of benzene rings is 8. The maximum Gasteiger partial charge on any atom is 0.238 e. The van der Waals surface area contributed by atoms with E-state index in [0.717, 1.165) is 102 Å². The van der Waals surface area contributed by atoms with Crippen molar-refractivity contribution in [3.05, 3.63) is 192 Å². The van der Waals surface area contributed by atoms with Gasteiger partial charge in [-0.05, 0) is 95.1 Å². The first-order valence-electron chi connectivity index (χ1n) is 22.4. The van der Waals surface area contributed by atoms with Gasteiger partial charge in [0.1, 0.15) is 21.4 Å². The summed E-state index contributed by atoms with van der Waals surface area (Å²) in [6.07, 6.45) is 1.74. The molecule has 0 radical (unpaired) electrons. The van der Waals surface area contributed by atoms with Crippen molar-refractivity contribution in [3.63, 3.8) is 0 Å². The summed E-state index contributed by atoms with van der Waals surface area (Å²) >= 11 is 0. The van der Waals surface area contributed by atoms with Gasteiger partial charge in [0.25, 0.3) is 0 Å². The molecule has 0 aliphatic heterocycles. The van der Waals surface area contributed by atoms with Gasteiger partial charge < -0.3 is 9.67 Å². The summed E-state index contributed by atoms with van der Waals surface area (Å²) in [6, 6.07) is 59.8. The molecule has 0 saturated heterocycles. The molecule has 1 aliphatic carbocycles. The van der Waals surface area contributed by atoms with Gasteiger partial charge in [-0.2, -0.15) is 9.97 Å². The zero-order chi connectivity index (χ0) is 43.9. The van der Waals surface area contributed by atoms with Gasteiger partial charge in [-0.25, -0.2) is 4.98 Å². The molecule has 11 aromatic rings. The van der Waals surface area contributed by atoms with Crippen LogP contribution in [0.4, 0.5) is 0 Å². The highest BCUT2D eigenvalue weighted by Gasteiger charge is 2.33. The first-order valence-corrected chi connectivity index (χ1v) is 22.4. The molecule has 0 unspecified atom stereocenters. The second kappa shape index (κ2) is 15.1. The zero-order valence-electron chi connectivity index (χ0n) is 36.8. The van der Waals surface area contributed by atoms with E-state index in [-0.39, 0.29) is 0 Å². The van der Waals surface area contributed by atoms with E-state index in [9.17, 15) is 5.11 Å². The summed E-state index contributed by atoms with van der Waals surface area (Å²) in [7, 11) is 4.31. The van der Waals surface area contributed by atoms with E-state index < -0.39 is 0 Å². The fourth-order valence-electron chi connectivity index (χ4n) is 10.4. The van der Waals surface area contributed by atoms with Crippen LogP contribution in [0.2, 0.25) is 0 Å². The first-order chi connectivity index (χ1) is 31.9. The van der Waals surface area contributed by atoms with Gasteiger partial charge in [-0.1, -0.05) is 162 Å². The van der Waals surface area contributed by atoms with Crippen molar-refractivity contribution in [3.8, 4) is 73.8 Å². The van der Waals surface area contributed by atoms with E-state index in [2.05, 4.69) is 183 Å². The summed E-state index contributed by atoms with van der Waals surface area (Å²) in [5.41, 5.74) is 18.1. The number of fused-ring (bicyclic) bond motifs is 8. The van der Waals surface area contributed by atoms with Crippen LogP contribution in [0.3, 0.4) is 0 Å². The zero-order valence-corrected chi connectivity index (χ0v) is 36.8. The molecule has 0 saturated carbocycles. The van der Waals surface area contributed by atoms with Crippen molar-refractivity contribution in [2.45, 2.75) is 26.7 Å². The Hall–Kier alpha value is -7.96. The molecule has 0 spiro atoms. The van der Waals surface area contributed by atoms with Gasteiger partial charge >= 0.3 is 0 Å². The number of nitrogens with zero attached hydrogens (tertiary/aromatic N) is 5. The van der Waals surface area contributed by atoms with E-state index >= 15 is 0 Å². The molecule has 65 heavy (non-hydrogen) atoms. The lowest BCUT2D eigenvalue weighted by Gasteiger charge is -2.23. The topological polar surface area (TPSA) is 68.8 Å². The summed E-state index contributed by atoms with van der Waals surface area (Å²) < 4.78 is 4.74. The summed E-state index contributed by atoms with van der Waals surface area (Å²) in [4.78, 5) is 16.1. The number of aromatic nitrogens is 5. The van der Waals surface area contributed by atoms with Crippen LogP contribution in [0.15, 0.2) is 170 Å². The highest BCUT2D eigenvalue weighted by Crippen LogP contribution is 2.48. The molecule has 0 bridgehead atoms. The van der Waals surface area contributed by atoms with Gasteiger partial charge in [0, 0.05) is 33.2 Å². The normalized spacial score (nSPS) is 12.2. The molecule has 1 N–H and O–H groups in total. The first kappa shape index (κ1) is 38.7. The van der Waals surface area contributed by atoms with E-state index in [1.165, 1.54) is 27.4 Å². The van der Waals surface area contributed by atoms with Gasteiger partial charge in [-0.3, -0.25) is 4.57 Å². The predicted octanol–water partition coefficient (Wildman–Crippen LogP) is 10.2. The minimum Gasteiger partial charge on any atom is -0.507 e. The third-order valence-electron chi connectivity index (χ3n) is 14.0. The molecule has 0 fully saturated rings.